The van der Waals surface area contributed by atoms with E-state index in [1.54, 1.807) is 0 Å². The Kier molecular flexibility index (Phi) is 2.06. The lowest BCUT2D eigenvalue weighted by Crippen LogP contribution is -1.84. The van der Waals surface area contributed by atoms with E-state index in [4.69, 9.17) is 10.3 Å². The van der Waals surface area contributed by atoms with Gasteiger partial charge in [-0.15, -0.1) is 0 Å². The van der Waals surface area contributed by atoms with Gasteiger partial charge in [-0.3, -0.25) is 0 Å². The lowest BCUT2D eigenvalue weighted by atomic mass is 10.2. The quantitative estimate of drug-likeness (QED) is 0.365. The minimum Gasteiger partial charge on any atom is -0.504 e. The Balaban J connectivity index is 3.16. The molecular weight excluding hydrogens is 149 g/mol. The highest BCUT2D eigenvalue weighted by molar-refractivity contribution is 5.82. The topological polar surface area (TPSA) is 52.8 Å². The molecule has 0 unspecified atom stereocenters. The van der Waals surface area contributed by atoms with Crippen LogP contribution in [-0.4, -0.2) is 16.5 Å². The second-order valence-corrected chi connectivity index (χ2v) is 1.92. The van der Waals surface area contributed by atoms with E-state index in [0.29, 0.717) is 0 Å². The predicted molar refractivity (Wildman–Crippen MR) is 37.4 cm³/mol. The van der Waals surface area contributed by atoms with Gasteiger partial charge < -0.3 is 10.3 Å². The largest absolute Gasteiger partial charge is 0.504 e. The van der Waals surface area contributed by atoms with Crippen molar-refractivity contribution in [2.75, 3.05) is 0 Å². The van der Waals surface area contributed by atoms with Crippen LogP contribution in [0.4, 0.5) is 4.39 Å². The van der Waals surface area contributed by atoms with Gasteiger partial charge in [-0.1, -0.05) is 11.2 Å². The summed E-state index contributed by atoms with van der Waals surface area (Å²) in [7, 11) is 0. The Morgan fingerprint density at radius 2 is 2.18 bits per heavy atom. The highest BCUT2D eigenvalue weighted by Crippen LogP contribution is 2.18. The van der Waals surface area contributed by atoms with Crippen molar-refractivity contribution in [2.45, 2.75) is 0 Å². The first-order valence-corrected chi connectivity index (χ1v) is 2.90. The molecule has 0 radical (unpaired) electrons. The van der Waals surface area contributed by atoms with Crippen LogP contribution in [0.25, 0.3) is 0 Å². The molecule has 0 aliphatic heterocycles. The van der Waals surface area contributed by atoms with E-state index in [9.17, 15) is 4.39 Å². The number of hydrogen-bond donors (Lipinski definition) is 2. The fourth-order valence-corrected chi connectivity index (χ4v) is 0.698. The third-order valence-corrected chi connectivity index (χ3v) is 1.21. The molecule has 1 aromatic carbocycles. The van der Waals surface area contributed by atoms with E-state index in [1.165, 1.54) is 12.1 Å². The van der Waals surface area contributed by atoms with Crippen molar-refractivity contribution in [3.05, 3.63) is 29.6 Å². The van der Waals surface area contributed by atoms with Crippen molar-refractivity contribution in [1.82, 2.24) is 0 Å². The summed E-state index contributed by atoms with van der Waals surface area (Å²) in [5, 5.41) is 19.7. The summed E-state index contributed by atoms with van der Waals surface area (Å²) in [5.74, 6) is -1.24. The second-order valence-electron chi connectivity index (χ2n) is 1.92. The van der Waals surface area contributed by atoms with Crippen molar-refractivity contribution in [3.8, 4) is 5.75 Å². The third kappa shape index (κ3) is 1.46. The molecular formula is C7H6FNO2. The predicted octanol–water partition coefficient (Wildman–Crippen LogP) is 1.34. The average molecular weight is 155 g/mol. The summed E-state index contributed by atoms with van der Waals surface area (Å²) in [6.45, 7) is 0. The lowest BCUT2D eigenvalue weighted by molar-refractivity contribution is 0.321. The van der Waals surface area contributed by atoms with Crippen molar-refractivity contribution < 1.29 is 14.7 Å². The molecule has 0 fully saturated rings. The van der Waals surface area contributed by atoms with Gasteiger partial charge in [0.25, 0.3) is 0 Å². The molecule has 0 saturated heterocycles. The maximum atomic E-state index is 12.5. The number of phenols is 1. The number of halogens is 1. The lowest BCUT2D eigenvalue weighted by Gasteiger charge is -1.96. The van der Waals surface area contributed by atoms with Gasteiger partial charge in [0.2, 0.25) is 0 Å². The van der Waals surface area contributed by atoms with Gasteiger partial charge >= 0.3 is 0 Å². The molecule has 0 amide bonds. The van der Waals surface area contributed by atoms with E-state index in [1.807, 2.05) is 0 Å². The fourth-order valence-electron chi connectivity index (χ4n) is 0.698. The van der Waals surface area contributed by atoms with Gasteiger partial charge in [0.15, 0.2) is 11.6 Å². The Labute approximate surface area is 62.4 Å². The maximum Gasteiger partial charge on any atom is 0.165 e. The first-order valence-electron chi connectivity index (χ1n) is 2.90. The monoisotopic (exact) mass is 155 g/mol. The molecule has 11 heavy (non-hydrogen) atoms. The fraction of sp³-hybridized carbons (Fsp3) is 0. The normalized spacial score (nSPS) is 10.6. The molecule has 0 saturated carbocycles. The van der Waals surface area contributed by atoms with Crippen molar-refractivity contribution in [1.29, 1.82) is 0 Å². The van der Waals surface area contributed by atoms with Crippen LogP contribution in [0.2, 0.25) is 0 Å². The second kappa shape index (κ2) is 3.01. The van der Waals surface area contributed by atoms with E-state index in [0.717, 1.165) is 12.3 Å². The van der Waals surface area contributed by atoms with E-state index in [2.05, 4.69) is 5.16 Å². The first-order chi connectivity index (χ1) is 5.25. The molecule has 0 aliphatic carbocycles. The Morgan fingerprint density at radius 3 is 2.82 bits per heavy atom. The Morgan fingerprint density at radius 1 is 1.45 bits per heavy atom. The number of benzene rings is 1. The smallest absolute Gasteiger partial charge is 0.165 e. The number of aromatic hydroxyl groups is 1. The molecule has 0 bridgehead atoms. The van der Waals surface area contributed by atoms with Crippen LogP contribution >= 0.6 is 0 Å². The Bertz CT molecular complexity index is 286. The van der Waals surface area contributed by atoms with Gasteiger partial charge in [-0.25, -0.2) is 4.39 Å². The molecule has 1 rings (SSSR count). The van der Waals surface area contributed by atoms with E-state index >= 15 is 0 Å². The van der Waals surface area contributed by atoms with Crippen LogP contribution in [-0.2, 0) is 0 Å². The van der Waals surface area contributed by atoms with Gasteiger partial charge in [0.05, 0.1) is 6.21 Å². The van der Waals surface area contributed by atoms with Gasteiger partial charge in [0.1, 0.15) is 0 Å². The SMILES string of the molecule is ON=Cc1cccc(F)c1O. The van der Waals surface area contributed by atoms with Crippen LogP contribution in [0.3, 0.4) is 0 Å². The van der Waals surface area contributed by atoms with Crippen molar-refractivity contribution in [3.63, 3.8) is 0 Å². The summed E-state index contributed by atoms with van der Waals surface area (Å²) >= 11 is 0. The van der Waals surface area contributed by atoms with Crippen molar-refractivity contribution >= 4 is 6.21 Å². The van der Waals surface area contributed by atoms with Crippen LogP contribution < -0.4 is 0 Å². The summed E-state index contributed by atoms with van der Waals surface area (Å²) < 4.78 is 12.5. The molecule has 4 heteroatoms. The molecule has 0 aromatic heterocycles. The van der Waals surface area contributed by atoms with Crippen LogP contribution in [0, 0.1) is 5.82 Å². The molecule has 0 aliphatic rings. The standard InChI is InChI=1S/C7H6FNO2/c8-6-3-1-2-5(4-9-11)7(6)10/h1-4,10-11H. The zero-order valence-corrected chi connectivity index (χ0v) is 5.53. The zero-order valence-electron chi connectivity index (χ0n) is 5.53. The average Bonchev–Trinajstić information content (AvgIpc) is 1.99. The molecule has 3 nitrogen and oxygen atoms in total. The molecule has 0 heterocycles. The van der Waals surface area contributed by atoms with Gasteiger partial charge in [0, 0.05) is 5.56 Å². The number of phenolic OH excluding ortho intramolecular Hbond substituents is 1. The van der Waals surface area contributed by atoms with E-state index in [-0.39, 0.29) is 5.56 Å². The molecule has 2 N–H and O–H groups in total. The number of nitrogens with zero attached hydrogens (tertiary/aromatic N) is 1. The first kappa shape index (κ1) is 7.53. The van der Waals surface area contributed by atoms with Crippen LogP contribution in [0.15, 0.2) is 23.4 Å². The summed E-state index contributed by atoms with van der Waals surface area (Å²) in [5.41, 5.74) is 0.146. The molecule has 58 valence electrons. The number of hydrogen-bond acceptors (Lipinski definition) is 3. The van der Waals surface area contributed by atoms with Gasteiger partial charge in [-0.05, 0) is 12.1 Å². The van der Waals surface area contributed by atoms with Crippen molar-refractivity contribution in [2.24, 2.45) is 5.16 Å². The van der Waals surface area contributed by atoms with Gasteiger partial charge in [-0.2, -0.15) is 0 Å². The van der Waals surface area contributed by atoms with Crippen LogP contribution in [0.5, 0.6) is 5.75 Å². The summed E-state index contributed by atoms with van der Waals surface area (Å²) in [6, 6.07) is 3.95. The number of para-hydroxylation sites is 1. The summed E-state index contributed by atoms with van der Waals surface area (Å²) in [6.07, 6.45) is 0.957. The highest BCUT2D eigenvalue weighted by Gasteiger charge is 2.02. The molecule has 1 aromatic rings. The Hall–Kier alpha value is -1.58. The highest BCUT2D eigenvalue weighted by atomic mass is 19.1. The summed E-state index contributed by atoms with van der Waals surface area (Å²) in [4.78, 5) is 0. The molecule has 0 atom stereocenters. The minimum absolute atomic E-state index is 0.146. The van der Waals surface area contributed by atoms with E-state index < -0.39 is 11.6 Å². The van der Waals surface area contributed by atoms with Crippen LogP contribution in [0.1, 0.15) is 5.56 Å². The maximum absolute atomic E-state index is 12.5. The third-order valence-electron chi connectivity index (χ3n) is 1.21. The zero-order chi connectivity index (χ0) is 8.27. The minimum atomic E-state index is -0.734. The number of oxime groups is 1. The number of rotatable bonds is 1. The molecule has 0 spiro atoms.